The molecule has 2 atom stereocenters. The molecule has 2 heterocycles. The van der Waals surface area contributed by atoms with Gasteiger partial charge in [-0.2, -0.15) is 0 Å². The van der Waals surface area contributed by atoms with Gasteiger partial charge < -0.3 is 4.90 Å². The summed E-state index contributed by atoms with van der Waals surface area (Å²) in [4.78, 5) is 28.8. The molecule has 1 aliphatic rings. The van der Waals surface area contributed by atoms with Gasteiger partial charge in [0.05, 0.1) is 11.0 Å². The van der Waals surface area contributed by atoms with Crippen molar-refractivity contribution in [1.29, 1.82) is 0 Å². The predicted molar refractivity (Wildman–Crippen MR) is 61.3 cm³/mol. The fraction of sp³-hybridized carbons (Fsp3) is 0.545. The van der Waals surface area contributed by atoms with Crippen LogP contribution in [0.25, 0.3) is 0 Å². The maximum Gasteiger partial charge on any atom is 0.220 e. The lowest BCUT2D eigenvalue weighted by Gasteiger charge is -2.20. The van der Waals surface area contributed by atoms with Crippen LogP contribution in [0, 0.1) is 0 Å². The lowest BCUT2D eigenvalue weighted by atomic mass is 10.0. The molecule has 0 spiro atoms. The molecule has 1 saturated heterocycles. The third kappa shape index (κ3) is 2.00. The molecule has 1 aliphatic heterocycles. The van der Waals surface area contributed by atoms with E-state index in [9.17, 15) is 9.59 Å². The third-order valence-electron chi connectivity index (χ3n) is 2.98. The SMILES string of the molecule is CC(=O)[C@@H]1CC(c2nccs2)CN1C(C)=O. The van der Waals surface area contributed by atoms with Gasteiger partial charge in [-0.15, -0.1) is 11.3 Å². The molecule has 0 aliphatic carbocycles. The maximum absolute atomic E-state index is 11.5. The molecule has 5 heteroatoms. The van der Waals surface area contributed by atoms with Crippen molar-refractivity contribution in [3.05, 3.63) is 16.6 Å². The van der Waals surface area contributed by atoms with Gasteiger partial charge >= 0.3 is 0 Å². The zero-order valence-electron chi connectivity index (χ0n) is 9.34. The Hall–Kier alpha value is -1.23. The van der Waals surface area contributed by atoms with E-state index in [-0.39, 0.29) is 23.7 Å². The van der Waals surface area contributed by atoms with E-state index in [1.54, 1.807) is 29.4 Å². The Kier molecular flexibility index (Phi) is 3.05. The fourth-order valence-corrected chi connectivity index (χ4v) is 2.93. The number of likely N-dealkylation sites (tertiary alicyclic amines) is 1. The normalized spacial score (nSPS) is 24.8. The standard InChI is InChI=1S/C11H14N2O2S/c1-7(14)10-5-9(6-13(10)8(2)15)11-12-3-4-16-11/h3-4,9-10H,5-6H2,1-2H3/t9?,10-/m0/s1. The zero-order chi connectivity index (χ0) is 11.7. The topological polar surface area (TPSA) is 50.3 Å². The number of amides is 1. The van der Waals surface area contributed by atoms with Crippen molar-refractivity contribution in [2.75, 3.05) is 6.54 Å². The molecule has 0 N–H and O–H groups in total. The summed E-state index contributed by atoms with van der Waals surface area (Å²) in [6.07, 6.45) is 2.47. The molecule has 0 bridgehead atoms. The van der Waals surface area contributed by atoms with Crippen LogP contribution in [0.2, 0.25) is 0 Å². The van der Waals surface area contributed by atoms with Crippen molar-refractivity contribution in [1.82, 2.24) is 9.88 Å². The van der Waals surface area contributed by atoms with E-state index in [1.165, 1.54) is 6.92 Å². The molecule has 1 amide bonds. The van der Waals surface area contributed by atoms with Crippen molar-refractivity contribution >= 4 is 23.0 Å². The minimum atomic E-state index is -0.258. The van der Waals surface area contributed by atoms with E-state index in [2.05, 4.69) is 4.98 Å². The summed E-state index contributed by atoms with van der Waals surface area (Å²) < 4.78 is 0. The predicted octanol–water partition coefficient (Wildman–Crippen LogP) is 1.44. The van der Waals surface area contributed by atoms with Gasteiger partial charge in [-0.3, -0.25) is 9.59 Å². The molecule has 1 fully saturated rings. The van der Waals surface area contributed by atoms with Crippen molar-refractivity contribution in [3.63, 3.8) is 0 Å². The van der Waals surface area contributed by atoms with Crippen LogP contribution in [-0.4, -0.2) is 34.2 Å². The van der Waals surface area contributed by atoms with E-state index in [0.29, 0.717) is 13.0 Å². The number of Topliss-reactive ketones (excluding diaryl/α,β-unsaturated/α-hetero) is 1. The van der Waals surface area contributed by atoms with Gasteiger partial charge in [0, 0.05) is 31.0 Å². The molecular weight excluding hydrogens is 224 g/mol. The minimum absolute atomic E-state index is 0.0285. The monoisotopic (exact) mass is 238 g/mol. The Balaban J connectivity index is 2.18. The number of ketones is 1. The van der Waals surface area contributed by atoms with E-state index < -0.39 is 0 Å². The van der Waals surface area contributed by atoms with Crippen LogP contribution >= 0.6 is 11.3 Å². The smallest absolute Gasteiger partial charge is 0.220 e. The van der Waals surface area contributed by atoms with Crippen molar-refractivity contribution in [3.8, 4) is 0 Å². The summed E-state index contributed by atoms with van der Waals surface area (Å²) in [5.41, 5.74) is 0. The molecular formula is C11H14N2O2S. The maximum atomic E-state index is 11.5. The Bertz CT molecular complexity index is 380. The number of rotatable bonds is 2. The molecule has 0 saturated carbocycles. The fourth-order valence-electron chi connectivity index (χ4n) is 2.18. The average molecular weight is 238 g/mol. The van der Waals surface area contributed by atoms with E-state index in [4.69, 9.17) is 0 Å². The second-order valence-electron chi connectivity index (χ2n) is 4.10. The van der Waals surface area contributed by atoms with Crippen molar-refractivity contribution in [2.45, 2.75) is 32.2 Å². The van der Waals surface area contributed by atoms with Gasteiger partial charge in [-0.25, -0.2) is 4.98 Å². The number of carbonyl (C=O) groups excluding carboxylic acids is 2. The highest BCUT2D eigenvalue weighted by atomic mass is 32.1. The summed E-state index contributed by atoms with van der Waals surface area (Å²) in [7, 11) is 0. The van der Waals surface area contributed by atoms with Gasteiger partial charge in [0.15, 0.2) is 5.78 Å². The lowest BCUT2D eigenvalue weighted by molar-refractivity contribution is -0.135. The van der Waals surface area contributed by atoms with Crippen LogP contribution in [-0.2, 0) is 9.59 Å². The van der Waals surface area contributed by atoms with Crippen LogP contribution in [0.4, 0.5) is 0 Å². The van der Waals surface area contributed by atoms with Crippen LogP contribution < -0.4 is 0 Å². The summed E-state index contributed by atoms with van der Waals surface area (Å²) in [6, 6.07) is -0.258. The first-order chi connectivity index (χ1) is 7.59. The van der Waals surface area contributed by atoms with Gasteiger partial charge in [0.2, 0.25) is 5.91 Å². The Labute approximate surface area is 98.3 Å². The molecule has 0 radical (unpaired) electrons. The molecule has 0 aromatic carbocycles. The summed E-state index contributed by atoms with van der Waals surface area (Å²) in [6.45, 7) is 3.68. The minimum Gasteiger partial charge on any atom is -0.332 e. The molecule has 4 nitrogen and oxygen atoms in total. The number of thiazole rings is 1. The first-order valence-corrected chi connectivity index (χ1v) is 6.14. The van der Waals surface area contributed by atoms with Gasteiger partial charge in [0.1, 0.15) is 0 Å². The van der Waals surface area contributed by atoms with E-state index in [1.807, 2.05) is 5.38 Å². The van der Waals surface area contributed by atoms with E-state index in [0.717, 1.165) is 5.01 Å². The second kappa shape index (κ2) is 4.33. The van der Waals surface area contributed by atoms with Crippen molar-refractivity contribution in [2.24, 2.45) is 0 Å². The Morgan fingerprint density at radius 1 is 1.50 bits per heavy atom. The van der Waals surface area contributed by atoms with Crippen LogP contribution in [0.3, 0.4) is 0 Å². The highest BCUT2D eigenvalue weighted by Gasteiger charge is 2.37. The molecule has 1 unspecified atom stereocenters. The highest BCUT2D eigenvalue weighted by molar-refractivity contribution is 7.09. The zero-order valence-corrected chi connectivity index (χ0v) is 10.2. The number of aromatic nitrogens is 1. The summed E-state index contributed by atoms with van der Waals surface area (Å²) in [5, 5.41) is 2.95. The molecule has 86 valence electrons. The number of hydrogen-bond acceptors (Lipinski definition) is 4. The average Bonchev–Trinajstić information content (AvgIpc) is 2.86. The summed E-state index contributed by atoms with van der Waals surface area (Å²) >= 11 is 1.59. The third-order valence-corrected chi connectivity index (χ3v) is 3.91. The molecule has 16 heavy (non-hydrogen) atoms. The van der Waals surface area contributed by atoms with Crippen LogP contribution in [0.15, 0.2) is 11.6 Å². The van der Waals surface area contributed by atoms with Gasteiger partial charge in [-0.1, -0.05) is 0 Å². The quantitative estimate of drug-likeness (QED) is 0.783. The Morgan fingerprint density at radius 3 is 2.69 bits per heavy atom. The van der Waals surface area contributed by atoms with E-state index >= 15 is 0 Å². The number of hydrogen-bond donors (Lipinski definition) is 0. The van der Waals surface area contributed by atoms with Crippen molar-refractivity contribution < 1.29 is 9.59 Å². The first kappa shape index (κ1) is 11.3. The highest BCUT2D eigenvalue weighted by Crippen LogP contribution is 2.33. The van der Waals surface area contributed by atoms with Crippen LogP contribution in [0.5, 0.6) is 0 Å². The second-order valence-corrected chi connectivity index (χ2v) is 5.03. The van der Waals surface area contributed by atoms with Gasteiger partial charge in [0.25, 0.3) is 0 Å². The summed E-state index contributed by atoms with van der Waals surface area (Å²) in [5.74, 6) is 0.256. The Morgan fingerprint density at radius 2 is 2.25 bits per heavy atom. The molecule has 1 aromatic rings. The molecule has 1 aromatic heterocycles. The molecule has 2 rings (SSSR count). The number of carbonyl (C=O) groups is 2. The number of nitrogens with zero attached hydrogens (tertiary/aromatic N) is 2. The largest absolute Gasteiger partial charge is 0.332 e. The first-order valence-electron chi connectivity index (χ1n) is 5.26. The van der Waals surface area contributed by atoms with Gasteiger partial charge in [-0.05, 0) is 13.3 Å². The van der Waals surface area contributed by atoms with Crippen LogP contribution in [0.1, 0.15) is 31.2 Å². The lowest BCUT2D eigenvalue weighted by Crippen LogP contribution is -2.38.